The maximum absolute atomic E-state index is 10.1. The Hall–Kier alpha value is -1.77. The molecule has 0 aliphatic rings. The van der Waals surface area contributed by atoms with Crippen molar-refractivity contribution in [3.05, 3.63) is 35.4 Å². The summed E-state index contributed by atoms with van der Waals surface area (Å²) >= 11 is 0. The number of hydrogen-bond donors (Lipinski definition) is 1. The van der Waals surface area contributed by atoms with Crippen molar-refractivity contribution in [2.24, 2.45) is 0 Å². The van der Waals surface area contributed by atoms with Crippen molar-refractivity contribution in [1.82, 2.24) is 9.78 Å². The summed E-state index contributed by atoms with van der Waals surface area (Å²) in [6, 6.07) is 8.21. The maximum Gasteiger partial charge on any atom is 0.212 e. The van der Waals surface area contributed by atoms with Crippen molar-refractivity contribution in [3.63, 3.8) is 0 Å². The molecular formula is C15H20N2O. The molecule has 1 N–H and O–H groups in total. The second-order valence-corrected chi connectivity index (χ2v) is 4.74. The van der Waals surface area contributed by atoms with E-state index in [4.69, 9.17) is 0 Å². The first kappa shape index (κ1) is 12.7. The summed E-state index contributed by atoms with van der Waals surface area (Å²) in [5.74, 6) is 0.292. The predicted octanol–water partition coefficient (Wildman–Crippen LogP) is 3.67. The third-order valence-electron chi connectivity index (χ3n) is 3.17. The van der Waals surface area contributed by atoms with Gasteiger partial charge < -0.3 is 5.11 Å². The van der Waals surface area contributed by atoms with E-state index < -0.39 is 0 Å². The lowest BCUT2D eigenvalue weighted by molar-refractivity contribution is 0.391. The molecule has 0 radical (unpaired) electrons. The molecule has 1 heterocycles. The first-order valence-electron chi connectivity index (χ1n) is 6.47. The van der Waals surface area contributed by atoms with Gasteiger partial charge in [-0.05, 0) is 26.3 Å². The van der Waals surface area contributed by atoms with Gasteiger partial charge in [0.15, 0.2) is 0 Å². The van der Waals surface area contributed by atoms with E-state index in [1.165, 1.54) is 5.56 Å². The Morgan fingerprint density at radius 1 is 1.28 bits per heavy atom. The number of aromatic hydroxyl groups is 1. The quantitative estimate of drug-likeness (QED) is 0.891. The Bertz CT molecular complexity index is 543. The number of benzene rings is 1. The molecule has 18 heavy (non-hydrogen) atoms. The molecule has 0 atom stereocenters. The minimum Gasteiger partial charge on any atom is -0.493 e. The van der Waals surface area contributed by atoms with E-state index >= 15 is 0 Å². The Balaban J connectivity index is 2.39. The molecule has 0 fully saturated rings. The Morgan fingerprint density at radius 3 is 2.72 bits per heavy atom. The molecule has 3 heteroatoms. The summed E-state index contributed by atoms with van der Waals surface area (Å²) in [5.41, 5.74) is 4.01. The van der Waals surface area contributed by atoms with E-state index in [9.17, 15) is 5.11 Å². The van der Waals surface area contributed by atoms with E-state index in [1.807, 2.05) is 19.1 Å². The van der Waals surface area contributed by atoms with Crippen LogP contribution in [0.25, 0.3) is 11.3 Å². The van der Waals surface area contributed by atoms with Crippen molar-refractivity contribution < 1.29 is 5.11 Å². The van der Waals surface area contributed by atoms with Gasteiger partial charge in [-0.15, -0.1) is 0 Å². The Labute approximate surface area is 108 Å². The van der Waals surface area contributed by atoms with Gasteiger partial charge in [0, 0.05) is 17.7 Å². The van der Waals surface area contributed by atoms with E-state index in [0.29, 0.717) is 5.88 Å². The molecule has 0 spiro atoms. The summed E-state index contributed by atoms with van der Waals surface area (Å²) < 4.78 is 1.70. The Morgan fingerprint density at radius 2 is 2.06 bits per heavy atom. The van der Waals surface area contributed by atoms with Crippen LogP contribution in [0.1, 0.15) is 30.9 Å². The first-order chi connectivity index (χ1) is 8.63. The molecule has 0 saturated carbocycles. The number of rotatable bonds is 4. The number of nitrogens with zero attached hydrogens (tertiary/aromatic N) is 2. The fraction of sp³-hybridized carbons (Fsp3) is 0.400. The van der Waals surface area contributed by atoms with Crippen molar-refractivity contribution in [1.29, 1.82) is 0 Å². The minimum absolute atomic E-state index is 0.292. The van der Waals surface area contributed by atoms with Crippen LogP contribution in [0.4, 0.5) is 0 Å². The van der Waals surface area contributed by atoms with Gasteiger partial charge in [0.1, 0.15) is 0 Å². The van der Waals surface area contributed by atoms with E-state index in [1.54, 1.807) is 4.68 Å². The molecule has 0 amide bonds. The van der Waals surface area contributed by atoms with Crippen LogP contribution in [0, 0.1) is 13.8 Å². The van der Waals surface area contributed by atoms with Crippen molar-refractivity contribution in [2.75, 3.05) is 0 Å². The average molecular weight is 244 g/mol. The highest BCUT2D eigenvalue weighted by molar-refractivity contribution is 5.65. The van der Waals surface area contributed by atoms with Crippen molar-refractivity contribution in [3.8, 4) is 17.1 Å². The van der Waals surface area contributed by atoms with Gasteiger partial charge in [-0.2, -0.15) is 5.10 Å². The summed E-state index contributed by atoms with van der Waals surface area (Å²) in [4.78, 5) is 0. The van der Waals surface area contributed by atoms with Crippen LogP contribution in [0.5, 0.6) is 5.88 Å². The fourth-order valence-electron chi connectivity index (χ4n) is 2.07. The number of aromatic nitrogens is 2. The smallest absolute Gasteiger partial charge is 0.212 e. The molecule has 96 valence electrons. The molecule has 2 rings (SSSR count). The number of hydrogen-bond acceptors (Lipinski definition) is 2. The summed E-state index contributed by atoms with van der Waals surface area (Å²) in [6.07, 6.45) is 2.13. The zero-order chi connectivity index (χ0) is 13.1. The summed E-state index contributed by atoms with van der Waals surface area (Å²) in [7, 11) is 0. The third-order valence-corrected chi connectivity index (χ3v) is 3.17. The zero-order valence-corrected chi connectivity index (χ0v) is 11.3. The van der Waals surface area contributed by atoms with Crippen LogP contribution < -0.4 is 0 Å². The zero-order valence-electron chi connectivity index (χ0n) is 11.3. The molecule has 0 bridgehead atoms. The lowest BCUT2D eigenvalue weighted by atomic mass is 10.1. The van der Waals surface area contributed by atoms with Crippen LogP contribution in [0.3, 0.4) is 0 Å². The van der Waals surface area contributed by atoms with E-state index in [-0.39, 0.29) is 0 Å². The third kappa shape index (κ3) is 2.40. The lowest BCUT2D eigenvalue weighted by Crippen LogP contribution is -1.99. The molecule has 0 aliphatic heterocycles. The minimum atomic E-state index is 0.292. The molecule has 2 aromatic rings. The first-order valence-corrected chi connectivity index (χ1v) is 6.47. The molecule has 0 unspecified atom stereocenters. The van der Waals surface area contributed by atoms with Gasteiger partial charge in [0.05, 0.1) is 5.69 Å². The van der Waals surface area contributed by atoms with Gasteiger partial charge >= 0.3 is 0 Å². The highest BCUT2D eigenvalue weighted by Crippen LogP contribution is 2.29. The van der Waals surface area contributed by atoms with Crippen LogP contribution >= 0.6 is 0 Å². The highest BCUT2D eigenvalue weighted by atomic mass is 16.3. The van der Waals surface area contributed by atoms with Crippen LogP contribution in [0.2, 0.25) is 0 Å². The van der Waals surface area contributed by atoms with E-state index in [0.717, 1.165) is 36.2 Å². The monoisotopic (exact) mass is 244 g/mol. The topological polar surface area (TPSA) is 38.0 Å². The predicted molar refractivity (Wildman–Crippen MR) is 73.7 cm³/mol. The molecule has 0 saturated heterocycles. The molecule has 0 aliphatic carbocycles. The molecule has 3 nitrogen and oxygen atoms in total. The number of unbranched alkanes of at least 4 members (excludes halogenated alkanes) is 1. The molecule has 1 aromatic carbocycles. The largest absolute Gasteiger partial charge is 0.493 e. The SMILES string of the molecule is CCCCn1nc(-c2cccc(C)c2)c(C)c1O. The van der Waals surface area contributed by atoms with Crippen molar-refractivity contribution in [2.45, 2.75) is 40.2 Å². The van der Waals surface area contributed by atoms with Gasteiger partial charge in [-0.25, -0.2) is 4.68 Å². The van der Waals surface area contributed by atoms with E-state index in [2.05, 4.69) is 31.1 Å². The van der Waals surface area contributed by atoms with Crippen LogP contribution in [-0.4, -0.2) is 14.9 Å². The molecule has 1 aromatic heterocycles. The van der Waals surface area contributed by atoms with Gasteiger partial charge in [-0.1, -0.05) is 37.1 Å². The molecular weight excluding hydrogens is 224 g/mol. The Kier molecular flexibility index (Phi) is 3.70. The van der Waals surface area contributed by atoms with Gasteiger partial charge in [0.25, 0.3) is 0 Å². The normalized spacial score (nSPS) is 10.8. The summed E-state index contributed by atoms with van der Waals surface area (Å²) in [5, 5.41) is 14.6. The standard InChI is InChI=1S/C15H20N2O/c1-4-5-9-17-15(18)12(3)14(16-17)13-8-6-7-11(2)10-13/h6-8,10,18H,4-5,9H2,1-3H3. The van der Waals surface area contributed by atoms with Gasteiger partial charge in [-0.3, -0.25) is 0 Å². The van der Waals surface area contributed by atoms with Crippen molar-refractivity contribution >= 4 is 0 Å². The van der Waals surface area contributed by atoms with Crippen LogP contribution in [0.15, 0.2) is 24.3 Å². The second kappa shape index (κ2) is 5.25. The van der Waals surface area contributed by atoms with Crippen LogP contribution in [-0.2, 0) is 6.54 Å². The highest BCUT2D eigenvalue weighted by Gasteiger charge is 2.14. The summed E-state index contributed by atoms with van der Waals surface area (Å²) in [6.45, 7) is 6.89. The average Bonchev–Trinajstić information content (AvgIpc) is 2.64. The number of aryl methyl sites for hydroxylation is 2. The van der Waals surface area contributed by atoms with Gasteiger partial charge in [0.2, 0.25) is 5.88 Å². The second-order valence-electron chi connectivity index (χ2n) is 4.74. The maximum atomic E-state index is 10.1. The fourth-order valence-corrected chi connectivity index (χ4v) is 2.07. The lowest BCUT2D eigenvalue weighted by Gasteiger charge is -2.00.